The summed E-state index contributed by atoms with van der Waals surface area (Å²) in [6.07, 6.45) is 2.16. The average molecular weight is 461 g/mol. The van der Waals surface area contributed by atoms with Crippen molar-refractivity contribution in [2.75, 3.05) is 6.54 Å². The van der Waals surface area contributed by atoms with Crippen LogP contribution in [0.4, 0.5) is 4.39 Å². The van der Waals surface area contributed by atoms with Crippen molar-refractivity contribution < 1.29 is 28.7 Å². The number of carboxylic acids is 1. The predicted molar refractivity (Wildman–Crippen MR) is 116 cm³/mol. The summed E-state index contributed by atoms with van der Waals surface area (Å²) in [7, 11) is 0. The Morgan fingerprint density at radius 1 is 1.18 bits per heavy atom. The van der Waals surface area contributed by atoms with Gasteiger partial charge in [-0.05, 0) is 56.9 Å². The van der Waals surface area contributed by atoms with E-state index in [9.17, 15) is 23.6 Å². The first-order valence-electron chi connectivity index (χ1n) is 10.8. The third-order valence-corrected chi connectivity index (χ3v) is 5.64. The summed E-state index contributed by atoms with van der Waals surface area (Å²) in [5, 5.41) is 26.0. The van der Waals surface area contributed by atoms with Crippen LogP contribution < -0.4 is 16.0 Å². The summed E-state index contributed by atoms with van der Waals surface area (Å²) < 4.78 is 13.8. The van der Waals surface area contributed by atoms with E-state index in [4.69, 9.17) is 10.4 Å². The number of benzene rings is 1. The zero-order valence-electron chi connectivity index (χ0n) is 18.7. The van der Waals surface area contributed by atoms with Crippen LogP contribution in [0.1, 0.15) is 63.5 Å². The van der Waals surface area contributed by atoms with E-state index in [-0.39, 0.29) is 36.9 Å². The van der Waals surface area contributed by atoms with E-state index in [2.05, 4.69) is 16.0 Å². The molecule has 0 bridgehead atoms. The Labute approximate surface area is 191 Å². The smallest absolute Gasteiger partial charge is 0.305 e. The maximum atomic E-state index is 13.8. The lowest BCUT2D eigenvalue weighted by molar-refractivity contribution is -0.138. The summed E-state index contributed by atoms with van der Waals surface area (Å²) in [5.74, 6) is -3.05. The molecule has 10 heteroatoms. The van der Waals surface area contributed by atoms with Crippen LogP contribution >= 0.6 is 0 Å². The van der Waals surface area contributed by atoms with Gasteiger partial charge in [0.2, 0.25) is 17.7 Å². The molecule has 33 heavy (non-hydrogen) atoms. The van der Waals surface area contributed by atoms with E-state index in [1.165, 1.54) is 12.1 Å². The van der Waals surface area contributed by atoms with Crippen molar-refractivity contribution in [2.24, 2.45) is 0 Å². The Balaban J connectivity index is 1.86. The topological polar surface area (TPSA) is 148 Å². The fourth-order valence-corrected chi connectivity index (χ4v) is 3.40. The molecule has 1 saturated carbocycles. The molecule has 1 atom stereocenters. The molecule has 0 aliphatic heterocycles. The summed E-state index contributed by atoms with van der Waals surface area (Å²) in [5.41, 5.74) is -0.744. The summed E-state index contributed by atoms with van der Waals surface area (Å²) in [4.78, 5) is 48.1. The SMILES string of the molecule is CC(C)(C(=O)NCCC(=O)N[C@H](CC(=O)O)CC(=O)NC1CCC1)c1cc(F)cc(C#N)c1. The first-order valence-corrected chi connectivity index (χ1v) is 10.8. The van der Waals surface area contributed by atoms with Crippen molar-refractivity contribution in [1.29, 1.82) is 5.26 Å². The van der Waals surface area contributed by atoms with E-state index < -0.39 is 41.5 Å². The molecule has 3 amide bonds. The molecule has 1 aliphatic rings. The van der Waals surface area contributed by atoms with Crippen molar-refractivity contribution in [3.05, 3.63) is 35.1 Å². The Morgan fingerprint density at radius 3 is 2.45 bits per heavy atom. The van der Waals surface area contributed by atoms with Crippen LogP contribution in [0.3, 0.4) is 0 Å². The Bertz CT molecular complexity index is 953. The molecule has 1 fully saturated rings. The van der Waals surface area contributed by atoms with Crippen LogP contribution in [-0.4, -0.2) is 47.4 Å². The van der Waals surface area contributed by atoms with Crippen molar-refractivity contribution >= 4 is 23.7 Å². The molecular weight excluding hydrogens is 431 g/mol. The van der Waals surface area contributed by atoms with Crippen LogP contribution in [0.15, 0.2) is 18.2 Å². The van der Waals surface area contributed by atoms with Gasteiger partial charge in [-0.1, -0.05) is 0 Å². The average Bonchev–Trinajstić information content (AvgIpc) is 2.69. The highest BCUT2D eigenvalue weighted by Gasteiger charge is 2.31. The van der Waals surface area contributed by atoms with Gasteiger partial charge in [-0.2, -0.15) is 5.26 Å². The zero-order chi connectivity index (χ0) is 24.6. The number of carbonyl (C=O) groups excluding carboxylic acids is 3. The zero-order valence-corrected chi connectivity index (χ0v) is 18.7. The van der Waals surface area contributed by atoms with Gasteiger partial charge in [0, 0.05) is 31.5 Å². The van der Waals surface area contributed by atoms with Crippen LogP contribution in [0.2, 0.25) is 0 Å². The lowest BCUT2D eigenvalue weighted by Gasteiger charge is -2.27. The van der Waals surface area contributed by atoms with Gasteiger partial charge in [-0.15, -0.1) is 0 Å². The minimum atomic E-state index is -1.16. The van der Waals surface area contributed by atoms with Crippen LogP contribution in [0, 0.1) is 17.1 Å². The number of hydrogen-bond acceptors (Lipinski definition) is 5. The predicted octanol–water partition coefficient (Wildman–Crippen LogP) is 1.50. The molecule has 1 aromatic rings. The second-order valence-electron chi connectivity index (χ2n) is 8.73. The van der Waals surface area contributed by atoms with E-state index in [1.54, 1.807) is 13.8 Å². The molecule has 2 rings (SSSR count). The first kappa shape index (κ1) is 25.8. The quantitative estimate of drug-likeness (QED) is 0.393. The van der Waals surface area contributed by atoms with Gasteiger partial charge in [-0.3, -0.25) is 19.2 Å². The fraction of sp³-hybridized carbons (Fsp3) is 0.522. The maximum absolute atomic E-state index is 13.8. The summed E-state index contributed by atoms with van der Waals surface area (Å²) >= 11 is 0. The van der Waals surface area contributed by atoms with Crippen LogP contribution in [-0.2, 0) is 24.6 Å². The minimum Gasteiger partial charge on any atom is -0.481 e. The van der Waals surface area contributed by atoms with Gasteiger partial charge >= 0.3 is 5.97 Å². The number of halogens is 1. The number of rotatable bonds is 11. The highest BCUT2D eigenvalue weighted by molar-refractivity contribution is 5.88. The van der Waals surface area contributed by atoms with Crippen molar-refractivity contribution in [2.45, 2.75) is 69.9 Å². The molecule has 9 nitrogen and oxygen atoms in total. The summed E-state index contributed by atoms with van der Waals surface area (Å²) in [6.45, 7) is 3.10. The molecule has 0 unspecified atom stereocenters. The molecule has 0 radical (unpaired) electrons. The number of carbonyl (C=O) groups is 4. The first-order chi connectivity index (χ1) is 15.5. The van der Waals surface area contributed by atoms with Gasteiger partial charge < -0.3 is 21.1 Å². The number of nitrogens with zero attached hydrogens (tertiary/aromatic N) is 1. The molecule has 1 aromatic carbocycles. The van der Waals surface area contributed by atoms with E-state index in [1.807, 2.05) is 6.07 Å². The maximum Gasteiger partial charge on any atom is 0.305 e. The van der Waals surface area contributed by atoms with Crippen molar-refractivity contribution in [3.8, 4) is 6.07 Å². The molecular formula is C23H29FN4O5. The minimum absolute atomic E-state index is 0.0391. The van der Waals surface area contributed by atoms with Gasteiger partial charge in [0.25, 0.3) is 0 Å². The fourth-order valence-electron chi connectivity index (χ4n) is 3.40. The standard InChI is InChI=1S/C23H29FN4O5/c1-23(2,15-8-14(13-25)9-16(24)10-15)22(33)26-7-6-19(29)28-18(12-21(31)32)11-20(30)27-17-4-3-5-17/h8-10,17-18H,3-7,11-12H2,1-2H3,(H,26,33)(H,27,30)(H,28,29)(H,31,32)/t18-/m0/s1. The highest BCUT2D eigenvalue weighted by Crippen LogP contribution is 2.25. The number of hydrogen-bond donors (Lipinski definition) is 4. The van der Waals surface area contributed by atoms with Gasteiger partial charge in [0.05, 0.1) is 23.5 Å². The van der Waals surface area contributed by atoms with E-state index >= 15 is 0 Å². The van der Waals surface area contributed by atoms with Gasteiger partial charge in [-0.25, -0.2) is 4.39 Å². The lowest BCUT2D eigenvalue weighted by Crippen LogP contribution is -2.45. The second-order valence-corrected chi connectivity index (χ2v) is 8.73. The summed E-state index contributed by atoms with van der Waals surface area (Å²) in [6, 6.07) is 4.77. The number of carboxylic acid groups (broad SMARTS) is 1. The Morgan fingerprint density at radius 2 is 1.88 bits per heavy atom. The van der Waals surface area contributed by atoms with Crippen molar-refractivity contribution in [3.63, 3.8) is 0 Å². The molecule has 178 valence electrons. The Kier molecular flexibility index (Phi) is 8.91. The van der Waals surface area contributed by atoms with E-state index in [0.29, 0.717) is 5.56 Å². The third kappa shape index (κ3) is 7.86. The largest absolute Gasteiger partial charge is 0.481 e. The molecule has 0 spiro atoms. The molecule has 0 aromatic heterocycles. The van der Waals surface area contributed by atoms with E-state index in [0.717, 1.165) is 25.3 Å². The van der Waals surface area contributed by atoms with Gasteiger partial charge in [0.1, 0.15) is 5.82 Å². The normalized spacial score (nSPS) is 14.4. The Hall–Kier alpha value is -3.48. The monoisotopic (exact) mass is 460 g/mol. The number of aliphatic carboxylic acids is 1. The number of amides is 3. The molecule has 4 N–H and O–H groups in total. The van der Waals surface area contributed by atoms with Crippen LogP contribution in [0.5, 0.6) is 0 Å². The third-order valence-electron chi connectivity index (χ3n) is 5.64. The number of nitrogens with one attached hydrogen (secondary N) is 3. The number of nitriles is 1. The highest BCUT2D eigenvalue weighted by atomic mass is 19.1. The van der Waals surface area contributed by atoms with Crippen LogP contribution in [0.25, 0.3) is 0 Å². The molecule has 0 heterocycles. The molecule has 0 saturated heterocycles. The van der Waals surface area contributed by atoms with Crippen molar-refractivity contribution in [1.82, 2.24) is 16.0 Å². The second kappa shape index (κ2) is 11.4. The molecule has 1 aliphatic carbocycles. The van der Waals surface area contributed by atoms with Gasteiger partial charge in [0.15, 0.2) is 0 Å². The lowest BCUT2D eigenvalue weighted by atomic mass is 9.83.